The fraction of sp³-hybridized carbons (Fsp3) is 0.261. The maximum absolute atomic E-state index is 14.1. The summed E-state index contributed by atoms with van der Waals surface area (Å²) in [6.45, 7) is 3.84. The van der Waals surface area contributed by atoms with Crippen LogP contribution >= 0.6 is 23.1 Å². The van der Waals surface area contributed by atoms with Gasteiger partial charge in [0.15, 0.2) is 28.7 Å². The highest BCUT2D eigenvalue weighted by atomic mass is 32.2. The second-order valence-electron chi connectivity index (χ2n) is 7.29. The van der Waals surface area contributed by atoms with Crippen LogP contribution < -0.4 is 10.1 Å². The average Bonchev–Trinajstić information content (AvgIpc) is 3.47. The van der Waals surface area contributed by atoms with Crippen molar-refractivity contribution in [3.05, 3.63) is 71.2 Å². The Kier molecular flexibility index (Phi) is 7.86. The summed E-state index contributed by atoms with van der Waals surface area (Å²) in [6, 6.07) is 15.7. The molecule has 34 heavy (non-hydrogen) atoms. The molecule has 0 aliphatic heterocycles. The van der Waals surface area contributed by atoms with Gasteiger partial charge in [-0.3, -0.25) is 14.7 Å². The standard InChI is InChI=1S/C23H23FN6O2S2/c1-3-9-20-26-28-22(34-20)25-19(31)14-33-23-29-27-21(30(23)16-10-5-4-6-11-16)15(2)32-18-13-8-7-12-17(18)24/h4-8,10-13,15H,3,9,14H2,1-2H3,(H,25,28,31). The molecule has 8 nitrogen and oxygen atoms in total. The van der Waals surface area contributed by atoms with Crippen LogP contribution in [-0.4, -0.2) is 36.6 Å². The molecule has 11 heteroatoms. The van der Waals surface area contributed by atoms with E-state index in [0.717, 1.165) is 23.5 Å². The average molecular weight is 499 g/mol. The minimum Gasteiger partial charge on any atom is -0.480 e. The number of rotatable bonds is 10. The molecule has 0 bridgehead atoms. The fourth-order valence-corrected chi connectivity index (χ4v) is 4.76. The summed E-state index contributed by atoms with van der Waals surface area (Å²) in [5.74, 6) is 0.0569. The Morgan fingerprint density at radius 2 is 1.88 bits per heavy atom. The second kappa shape index (κ2) is 11.2. The van der Waals surface area contributed by atoms with Crippen LogP contribution in [0.15, 0.2) is 59.8 Å². The van der Waals surface area contributed by atoms with Crippen molar-refractivity contribution in [3.63, 3.8) is 0 Å². The van der Waals surface area contributed by atoms with Gasteiger partial charge in [-0.05, 0) is 37.6 Å². The number of halogens is 1. The monoisotopic (exact) mass is 498 g/mol. The maximum atomic E-state index is 14.1. The van der Waals surface area contributed by atoms with Gasteiger partial charge in [0, 0.05) is 12.1 Å². The van der Waals surface area contributed by atoms with E-state index >= 15 is 0 Å². The summed E-state index contributed by atoms with van der Waals surface area (Å²) in [4.78, 5) is 12.5. The summed E-state index contributed by atoms with van der Waals surface area (Å²) in [7, 11) is 0. The number of anilines is 1. The third kappa shape index (κ3) is 5.78. The third-order valence-electron chi connectivity index (χ3n) is 4.69. The van der Waals surface area contributed by atoms with Crippen LogP contribution in [0.2, 0.25) is 0 Å². The van der Waals surface area contributed by atoms with E-state index < -0.39 is 11.9 Å². The highest BCUT2D eigenvalue weighted by molar-refractivity contribution is 7.99. The molecule has 1 amide bonds. The Morgan fingerprint density at radius 1 is 1.12 bits per heavy atom. The molecule has 0 radical (unpaired) electrons. The number of aromatic nitrogens is 5. The number of para-hydroxylation sites is 2. The lowest BCUT2D eigenvalue weighted by molar-refractivity contribution is -0.113. The molecule has 0 aliphatic rings. The van der Waals surface area contributed by atoms with E-state index in [9.17, 15) is 9.18 Å². The van der Waals surface area contributed by atoms with Crippen molar-refractivity contribution in [3.8, 4) is 11.4 Å². The summed E-state index contributed by atoms with van der Waals surface area (Å²) >= 11 is 2.61. The van der Waals surface area contributed by atoms with E-state index in [2.05, 4.69) is 32.6 Å². The molecule has 4 aromatic rings. The number of benzene rings is 2. The number of hydrogen-bond donors (Lipinski definition) is 1. The molecule has 1 unspecified atom stereocenters. The lowest BCUT2D eigenvalue weighted by Crippen LogP contribution is -2.15. The highest BCUT2D eigenvalue weighted by Crippen LogP contribution is 2.29. The molecule has 2 heterocycles. The zero-order chi connectivity index (χ0) is 23.9. The molecule has 0 saturated heterocycles. The fourth-order valence-electron chi connectivity index (χ4n) is 3.15. The molecule has 1 N–H and O–H groups in total. The van der Waals surface area contributed by atoms with Crippen molar-refractivity contribution in [1.29, 1.82) is 0 Å². The van der Waals surface area contributed by atoms with Gasteiger partial charge in [-0.1, -0.05) is 60.4 Å². The van der Waals surface area contributed by atoms with Crippen LogP contribution in [0, 0.1) is 5.82 Å². The molecule has 0 aliphatic carbocycles. The van der Waals surface area contributed by atoms with E-state index in [4.69, 9.17) is 4.74 Å². The van der Waals surface area contributed by atoms with Crippen LogP contribution in [-0.2, 0) is 11.2 Å². The first-order valence-corrected chi connectivity index (χ1v) is 12.5. The molecular weight excluding hydrogens is 475 g/mol. The number of thioether (sulfide) groups is 1. The number of hydrogen-bond acceptors (Lipinski definition) is 8. The van der Waals surface area contributed by atoms with E-state index in [-0.39, 0.29) is 17.4 Å². The van der Waals surface area contributed by atoms with Gasteiger partial charge in [0.2, 0.25) is 11.0 Å². The summed E-state index contributed by atoms with van der Waals surface area (Å²) in [5, 5.41) is 21.3. The smallest absolute Gasteiger partial charge is 0.236 e. The summed E-state index contributed by atoms with van der Waals surface area (Å²) < 4.78 is 21.7. The van der Waals surface area contributed by atoms with Gasteiger partial charge < -0.3 is 4.74 Å². The topological polar surface area (TPSA) is 94.8 Å². The Labute approximate surface area is 204 Å². The van der Waals surface area contributed by atoms with Gasteiger partial charge >= 0.3 is 0 Å². The lowest BCUT2D eigenvalue weighted by Gasteiger charge is -2.17. The lowest BCUT2D eigenvalue weighted by atomic mass is 10.3. The Bertz CT molecular complexity index is 1250. The molecule has 0 spiro atoms. The number of aryl methyl sites for hydroxylation is 1. The largest absolute Gasteiger partial charge is 0.480 e. The first kappa shape index (κ1) is 23.8. The summed E-state index contributed by atoms with van der Waals surface area (Å²) in [6.07, 6.45) is 1.21. The van der Waals surface area contributed by atoms with Crippen molar-refractivity contribution in [2.24, 2.45) is 0 Å². The Balaban J connectivity index is 1.51. The molecule has 176 valence electrons. The number of nitrogens with one attached hydrogen (secondary N) is 1. The summed E-state index contributed by atoms with van der Waals surface area (Å²) in [5.41, 5.74) is 0.808. The van der Waals surface area contributed by atoms with Crippen molar-refractivity contribution >= 4 is 34.1 Å². The quantitative estimate of drug-likeness (QED) is 0.305. The van der Waals surface area contributed by atoms with Crippen molar-refractivity contribution in [2.45, 2.75) is 37.9 Å². The minimum absolute atomic E-state index is 0.107. The Morgan fingerprint density at radius 3 is 2.65 bits per heavy atom. The SMILES string of the molecule is CCCc1nnc(NC(=O)CSc2nnc(C(C)Oc3ccccc3F)n2-c2ccccc2)s1. The van der Waals surface area contributed by atoms with Gasteiger partial charge in [0.1, 0.15) is 5.01 Å². The zero-order valence-electron chi connectivity index (χ0n) is 18.6. The third-order valence-corrected chi connectivity index (χ3v) is 6.51. The van der Waals surface area contributed by atoms with Gasteiger partial charge in [0.25, 0.3) is 0 Å². The zero-order valence-corrected chi connectivity index (χ0v) is 20.3. The second-order valence-corrected chi connectivity index (χ2v) is 9.29. The number of nitrogens with zero attached hydrogens (tertiary/aromatic N) is 5. The number of carbonyl (C=O) groups excluding carboxylic acids is 1. The number of amides is 1. The Hall–Kier alpha value is -3.31. The van der Waals surface area contributed by atoms with E-state index in [0.29, 0.717) is 16.1 Å². The van der Waals surface area contributed by atoms with Gasteiger partial charge in [0.05, 0.1) is 5.75 Å². The molecule has 2 aromatic carbocycles. The van der Waals surface area contributed by atoms with Crippen LogP contribution in [0.3, 0.4) is 0 Å². The van der Waals surface area contributed by atoms with Crippen LogP contribution in [0.1, 0.15) is 37.2 Å². The van der Waals surface area contributed by atoms with E-state index in [1.54, 1.807) is 25.1 Å². The van der Waals surface area contributed by atoms with Crippen LogP contribution in [0.4, 0.5) is 9.52 Å². The predicted octanol–water partition coefficient (Wildman–Crippen LogP) is 5.08. The van der Waals surface area contributed by atoms with Crippen LogP contribution in [0.5, 0.6) is 5.75 Å². The molecule has 0 saturated carbocycles. The normalized spacial score (nSPS) is 11.9. The highest BCUT2D eigenvalue weighted by Gasteiger charge is 2.22. The number of carbonyl (C=O) groups is 1. The molecule has 1 atom stereocenters. The number of ether oxygens (including phenoxy) is 1. The van der Waals surface area contributed by atoms with Gasteiger partial charge in [-0.15, -0.1) is 20.4 Å². The maximum Gasteiger partial charge on any atom is 0.236 e. The van der Waals surface area contributed by atoms with E-state index in [1.165, 1.54) is 29.2 Å². The molecule has 2 aromatic heterocycles. The van der Waals surface area contributed by atoms with E-state index in [1.807, 2.05) is 34.9 Å². The molecule has 0 fully saturated rings. The predicted molar refractivity (Wildman–Crippen MR) is 130 cm³/mol. The van der Waals surface area contributed by atoms with Gasteiger partial charge in [-0.25, -0.2) is 4.39 Å². The molecule has 4 rings (SSSR count). The molecular formula is C23H23FN6O2S2. The minimum atomic E-state index is -0.592. The van der Waals surface area contributed by atoms with Gasteiger partial charge in [-0.2, -0.15) is 0 Å². The van der Waals surface area contributed by atoms with Crippen LogP contribution in [0.25, 0.3) is 5.69 Å². The first-order chi connectivity index (χ1) is 16.5. The van der Waals surface area contributed by atoms with Crippen molar-refractivity contribution < 1.29 is 13.9 Å². The first-order valence-electron chi connectivity index (χ1n) is 10.7. The van der Waals surface area contributed by atoms with Crippen molar-refractivity contribution in [1.82, 2.24) is 25.0 Å². The van der Waals surface area contributed by atoms with Crippen molar-refractivity contribution in [2.75, 3.05) is 11.1 Å².